The van der Waals surface area contributed by atoms with Crippen molar-refractivity contribution in [3.05, 3.63) is 107 Å². The fourth-order valence-electron chi connectivity index (χ4n) is 11.7. The van der Waals surface area contributed by atoms with Gasteiger partial charge in [-0.15, -0.1) is 0 Å². The highest BCUT2D eigenvalue weighted by Gasteiger charge is 2.34. The summed E-state index contributed by atoms with van der Waals surface area (Å²) in [5.41, 5.74) is 8.27. The summed E-state index contributed by atoms with van der Waals surface area (Å²) in [5.74, 6) is -4.78. The lowest BCUT2D eigenvalue weighted by Crippen LogP contribution is -2.51. The lowest BCUT2D eigenvalue weighted by Gasteiger charge is -2.35. The fraction of sp³-hybridized carbons (Fsp3) is 0.552. The van der Waals surface area contributed by atoms with Gasteiger partial charge in [-0.05, 0) is 104 Å². The van der Waals surface area contributed by atoms with Crippen LogP contribution in [0.3, 0.4) is 0 Å². The van der Waals surface area contributed by atoms with Gasteiger partial charge in [0, 0.05) is 128 Å². The maximum absolute atomic E-state index is 15.3. The van der Waals surface area contributed by atoms with E-state index in [1.165, 1.54) is 55.5 Å². The number of sulfonamides is 1. The number of ether oxygens (including phenoxy) is 3. The van der Waals surface area contributed by atoms with Gasteiger partial charge in [0.05, 0.1) is 24.8 Å². The van der Waals surface area contributed by atoms with Crippen LogP contribution in [0.5, 0.6) is 0 Å². The van der Waals surface area contributed by atoms with E-state index in [1.807, 2.05) is 38.7 Å². The summed E-state index contributed by atoms with van der Waals surface area (Å²) in [6, 6.07) is 10.6. The Morgan fingerprint density at radius 1 is 0.839 bits per heavy atom. The van der Waals surface area contributed by atoms with Gasteiger partial charge in [-0.2, -0.15) is 9.40 Å². The van der Waals surface area contributed by atoms with E-state index in [1.54, 1.807) is 56.5 Å². The lowest BCUT2D eigenvalue weighted by atomic mass is 9.88. The molecule has 2 saturated heterocycles. The van der Waals surface area contributed by atoms with Crippen LogP contribution < -0.4 is 16.0 Å². The average molecular weight is 1310 g/mol. The quantitative estimate of drug-likeness (QED) is 0.0239. The summed E-state index contributed by atoms with van der Waals surface area (Å²) in [6.07, 6.45) is 10.1. The second kappa shape index (κ2) is 34.2. The summed E-state index contributed by atoms with van der Waals surface area (Å²) in [6.45, 7) is 11.0. The number of ketones is 2. The third-order valence-corrected chi connectivity index (χ3v) is 19.3. The Morgan fingerprint density at radius 3 is 2.14 bits per heavy atom. The van der Waals surface area contributed by atoms with Crippen LogP contribution in [0.25, 0.3) is 6.08 Å². The van der Waals surface area contributed by atoms with E-state index in [2.05, 4.69) is 10.4 Å². The number of imide groups is 1. The Labute approximate surface area is 543 Å². The second-order valence-electron chi connectivity index (χ2n) is 25.1. The molecule has 2 aromatic carbocycles. The molecule has 26 heteroatoms. The van der Waals surface area contributed by atoms with Crippen LogP contribution in [0, 0.1) is 29.5 Å². The number of benzene rings is 2. The monoisotopic (exact) mass is 1310 g/mol. The molecule has 2 fully saturated rings. The molecule has 0 aliphatic carbocycles. The van der Waals surface area contributed by atoms with E-state index >= 15 is 4.39 Å². The number of esters is 1. The summed E-state index contributed by atoms with van der Waals surface area (Å²) in [7, 11) is -2.12. The fourth-order valence-corrected chi connectivity index (χ4v) is 13.1. The number of primary amides is 1. The van der Waals surface area contributed by atoms with Crippen molar-refractivity contribution in [1.82, 2.24) is 34.1 Å². The largest absolute Gasteiger partial charge is 0.457 e. The molecule has 24 nitrogen and oxygen atoms in total. The highest BCUT2D eigenvalue weighted by Crippen LogP contribution is 2.30. The number of nitrogens with two attached hydrogens (primary N) is 1. The van der Waals surface area contributed by atoms with E-state index in [0.29, 0.717) is 79.6 Å². The molecule has 0 unspecified atom stereocenters. The molecule has 0 radical (unpaired) electrons. The Kier molecular flexibility index (Phi) is 26.6. The van der Waals surface area contributed by atoms with Crippen LogP contribution >= 0.6 is 0 Å². The van der Waals surface area contributed by atoms with Crippen molar-refractivity contribution in [3.8, 4) is 0 Å². The number of carbonyl (C=O) groups is 9. The van der Waals surface area contributed by atoms with Gasteiger partial charge in [-0.25, -0.2) is 22.4 Å². The number of hydrogen-bond acceptors (Lipinski definition) is 17. The van der Waals surface area contributed by atoms with Gasteiger partial charge < -0.3 is 45.1 Å². The predicted molar refractivity (Wildman–Crippen MR) is 342 cm³/mol. The standard InChI is InChI=1S/C67H90FN9O15S/c1-44(2)56(39-53(78)12-8-7-11-25-77-61(82)23-24-62(77)83)65(85)71-57(13-9-10-14-60(69)81)58(80)37-48-17-19-49(20-18-48)43-90-66(86)74-26-28-75(29-27-74)67(87)91-59-22-16-46(4)64(92-63(84)40-54(79)21-15-45(59)3)47(5)34-50-35-51(68)38-52(36-50)73-30-32-76(33-31-73)93(88,89)55-41-70-72(6)42-55/h16-20,22-24,34-36,38,41-42,44-46,54,56-57,59,64,79H,7-15,21,25-33,37,39-40,43H2,1-6H3,(H2,69,81)(H,71,85)/b22-16+,47-34+/t45-,46-,54+,56-,57-,59-,64-/m0/s1. The maximum Gasteiger partial charge on any atom is 0.410 e. The van der Waals surface area contributed by atoms with Gasteiger partial charge in [0.2, 0.25) is 21.8 Å². The first-order valence-electron chi connectivity index (χ1n) is 32.1. The van der Waals surface area contributed by atoms with Crippen molar-refractivity contribution >= 4 is 75.1 Å². The van der Waals surface area contributed by atoms with Gasteiger partial charge in [0.1, 0.15) is 35.3 Å². The number of piperazine rings is 2. The normalized spacial score (nSPS) is 21.4. The number of amides is 6. The number of unbranched alkanes of at least 4 members (excludes halogenated alkanes) is 3. The number of Topliss-reactive ketones (excluding diaryl/α,β-unsaturated/α-hetero) is 2. The Hall–Kier alpha value is -8.10. The van der Waals surface area contributed by atoms with Gasteiger partial charge in [0.15, 0.2) is 5.78 Å². The third kappa shape index (κ3) is 21.5. The average Bonchev–Trinajstić information content (AvgIpc) is 1.84. The van der Waals surface area contributed by atoms with E-state index in [0.717, 1.165) is 4.90 Å². The minimum Gasteiger partial charge on any atom is -0.457 e. The van der Waals surface area contributed by atoms with Crippen LogP contribution in [0.15, 0.2) is 89.6 Å². The molecule has 93 heavy (non-hydrogen) atoms. The number of cyclic esters (lactones) is 1. The molecule has 1 aromatic heterocycles. The molecule has 7 atom stereocenters. The SMILES string of the molecule is C/C(=C\c1cc(F)cc(N2CCN(S(=O)(=O)c3cnn(C)c3)CC2)c1)[C@H]1OC(=O)C[C@H](O)CC[C@H](C)[C@@H](OC(=O)N2CCN(C(=O)OCc3ccc(CC(=O)[C@H](CCCCC(N)=O)NC(=O)[C@@H](CC(=O)CCCCCN4C(=O)C=CC4=O)C(C)C)cc3)CC2)/C=C/[C@@H]1C. The number of aryl methyl sites for hydroxylation is 1. The lowest BCUT2D eigenvalue weighted by molar-refractivity contribution is -0.151. The number of aliphatic hydroxyl groups is 1. The van der Waals surface area contributed by atoms with Crippen molar-refractivity contribution in [1.29, 1.82) is 0 Å². The predicted octanol–water partition coefficient (Wildman–Crippen LogP) is 6.58. The van der Waals surface area contributed by atoms with Gasteiger partial charge in [-0.1, -0.05) is 77.0 Å². The molecule has 506 valence electrons. The van der Waals surface area contributed by atoms with E-state index in [4.69, 9.17) is 19.9 Å². The smallest absolute Gasteiger partial charge is 0.410 e. The van der Waals surface area contributed by atoms with E-state index < -0.39 is 82.0 Å². The molecule has 4 aliphatic rings. The zero-order valence-corrected chi connectivity index (χ0v) is 54.9. The van der Waals surface area contributed by atoms with Crippen molar-refractivity contribution in [3.63, 3.8) is 0 Å². The highest BCUT2D eigenvalue weighted by molar-refractivity contribution is 7.89. The molecule has 7 rings (SSSR count). The first-order chi connectivity index (χ1) is 44.2. The molecule has 4 N–H and O–H groups in total. The van der Waals surface area contributed by atoms with Crippen LogP contribution in [0.2, 0.25) is 0 Å². The Bertz CT molecular complexity index is 3340. The number of halogens is 1. The van der Waals surface area contributed by atoms with Gasteiger partial charge >= 0.3 is 18.2 Å². The molecular weight excluding hydrogens is 1220 g/mol. The van der Waals surface area contributed by atoms with Gasteiger partial charge in [-0.3, -0.25) is 43.1 Å². The number of carbonyl (C=O) groups excluding carboxylic acids is 9. The number of rotatable bonds is 27. The number of aromatic nitrogens is 2. The molecular formula is C67H90FN9O15S. The highest BCUT2D eigenvalue weighted by atomic mass is 32.2. The summed E-state index contributed by atoms with van der Waals surface area (Å²) >= 11 is 0. The summed E-state index contributed by atoms with van der Waals surface area (Å²) in [4.78, 5) is 122. The Morgan fingerprint density at radius 2 is 1.49 bits per heavy atom. The number of aliphatic hydroxyl groups excluding tert-OH is 1. The van der Waals surface area contributed by atoms with Crippen molar-refractivity contribution in [2.75, 3.05) is 63.8 Å². The maximum atomic E-state index is 15.3. The van der Waals surface area contributed by atoms with Crippen molar-refractivity contribution < 1.29 is 75.3 Å². The summed E-state index contributed by atoms with van der Waals surface area (Å²) in [5, 5.41) is 17.8. The first kappa shape index (κ1) is 72.3. The number of anilines is 1. The van der Waals surface area contributed by atoms with Crippen LogP contribution in [-0.4, -0.2) is 179 Å². The number of hydrogen-bond donors (Lipinski definition) is 3. The van der Waals surface area contributed by atoms with Gasteiger partial charge in [0.25, 0.3) is 11.8 Å². The van der Waals surface area contributed by atoms with Crippen molar-refractivity contribution in [2.24, 2.45) is 36.5 Å². The first-order valence-corrected chi connectivity index (χ1v) is 33.6. The molecule has 6 amide bonds. The molecule has 5 heterocycles. The van der Waals surface area contributed by atoms with Crippen LogP contribution in [0.1, 0.15) is 128 Å². The zero-order valence-electron chi connectivity index (χ0n) is 54.1. The zero-order chi connectivity index (χ0) is 67.5. The minimum atomic E-state index is -3.76. The Balaban J connectivity index is 0.884. The minimum absolute atomic E-state index is 0.0175. The molecule has 0 spiro atoms. The summed E-state index contributed by atoms with van der Waals surface area (Å²) < 4.78 is 62.4. The number of nitrogens with zero attached hydrogens (tertiary/aromatic N) is 7. The molecule has 0 bridgehead atoms. The van der Waals surface area contributed by atoms with Crippen LogP contribution in [0.4, 0.5) is 19.7 Å². The number of nitrogens with one attached hydrogen (secondary N) is 1. The second-order valence-corrected chi connectivity index (χ2v) is 27.1. The topological polar surface area (TPSA) is 308 Å². The third-order valence-electron chi connectivity index (χ3n) is 17.4. The van der Waals surface area contributed by atoms with Crippen molar-refractivity contribution in [2.45, 2.75) is 154 Å². The molecule has 3 aromatic rings. The van der Waals surface area contributed by atoms with Crippen LogP contribution in [-0.2, 0) is 77.9 Å². The molecule has 4 aliphatic heterocycles. The molecule has 0 saturated carbocycles. The van der Waals surface area contributed by atoms with E-state index in [-0.39, 0.29) is 137 Å². The van der Waals surface area contributed by atoms with E-state index in [9.17, 15) is 56.7 Å².